The zero-order chi connectivity index (χ0) is 26.3. The van der Waals surface area contributed by atoms with Gasteiger partial charge in [0.25, 0.3) is 0 Å². The number of hydrogen-bond donors (Lipinski definition) is 1. The molecule has 2 aromatic rings. The molecule has 0 heterocycles. The fourth-order valence-electron chi connectivity index (χ4n) is 3.31. The summed E-state index contributed by atoms with van der Waals surface area (Å²) in [6, 6.07) is 9.97. The molecule has 1 N–H and O–H groups in total. The molecule has 0 saturated carbocycles. The van der Waals surface area contributed by atoms with Crippen molar-refractivity contribution in [3.63, 3.8) is 0 Å². The number of carbonyl (C=O) groups is 3. The van der Waals surface area contributed by atoms with E-state index in [0.29, 0.717) is 34.1 Å². The second kappa shape index (κ2) is 12.4. The monoisotopic (exact) mass is 541 g/mol. The van der Waals surface area contributed by atoms with Crippen molar-refractivity contribution in [2.45, 2.75) is 39.8 Å². The molecule has 0 aromatic heterocycles. The van der Waals surface area contributed by atoms with E-state index in [1.807, 2.05) is 6.92 Å². The summed E-state index contributed by atoms with van der Waals surface area (Å²) in [5.74, 6) is -1.22. The molecular weight excluding hydrogens is 513 g/mol. The van der Waals surface area contributed by atoms with Gasteiger partial charge in [0.05, 0.1) is 22.0 Å². The molecule has 0 fully saturated rings. The Kier molecular flexibility index (Phi) is 10.1. The van der Waals surface area contributed by atoms with Crippen molar-refractivity contribution in [3.8, 4) is 0 Å². The summed E-state index contributed by atoms with van der Waals surface area (Å²) in [4.78, 5) is 39.3. The highest BCUT2D eigenvalue weighted by molar-refractivity contribution is 7.92. The van der Waals surface area contributed by atoms with Gasteiger partial charge < -0.3 is 10.2 Å². The van der Waals surface area contributed by atoms with E-state index in [2.05, 4.69) is 5.32 Å². The van der Waals surface area contributed by atoms with Crippen LogP contribution in [0.5, 0.6) is 0 Å². The van der Waals surface area contributed by atoms with Crippen LogP contribution in [0.25, 0.3) is 0 Å². The zero-order valence-corrected chi connectivity index (χ0v) is 22.4. The van der Waals surface area contributed by atoms with Crippen molar-refractivity contribution in [3.05, 3.63) is 63.6 Å². The summed E-state index contributed by atoms with van der Waals surface area (Å²) in [7, 11) is -3.90. The van der Waals surface area contributed by atoms with Gasteiger partial charge in [-0.1, -0.05) is 48.3 Å². The van der Waals surface area contributed by atoms with E-state index >= 15 is 0 Å². The first-order valence-electron chi connectivity index (χ1n) is 10.9. The van der Waals surface area contributed by atoms with Gasteiger partial charge in [-0.15, -0.1) is 0 Å². The lowest BCUT2D eigenvalue weighted by Gasteiger charge is -2.31. The number of halogens is 2. The Bertz CT molecular complexity index is 1200. The second-order valence-electron chi connectivity index (χ2n) is 8.11. The Morgan fingerprint density at radius 1 is 1.06 bits per heavy atom. The smallest absolute Gasteiger partial charge is 0.244 e. The molecule has 2 amide bonds. The topological polar surface area (TPSA) is 104 Å². The number of Topliss-reactive ketones (excluding diaryl/α,β-unsaturated/α-hetero) is 1. The molecular formula is C24H29Cl2N3O5S. The molecule has 2 aromatic carbocycles. The molecule has 0 aliphatic rings. The predicted molar refractivity (Wildman–Crippen MR) is 138 cm³/mol. The first kappa shape index (κ1) is 28.6. The van der Waals surface area contributed by atoms with E-state index in [9.17, 15) is 22.8 Å². The average Bonchev–Trinajstić information content (AvgIpc) is 2.80. The van der Waals surface area contributed by atoms with Crippen LogP contribution < -0.4 is 9.62 Å². The lowest BCUT2D eigenvalue weighted by atomic mass is 10.1. The van der Waals surface area contributed by atoms with Gasteiger partial charge in [-0.05, 0) is 50.1 Å². The maximum atomic E-state index is 13.5. The van der Waals surface area contributed by atoms with Gasteiger partial charge >= 0.3 is 0 Å². The Hall–Kier alpha value is -2.62. The molecule has 0 saturated heterocycles. The second-order valence-corrected chi connectivity index (χ2v) is 10.8. The highest BCUT2D eigenvalue weighted by Gasteiger charge is 2.30. The number of rotatable bonds is 11. The number of sulfonamides is 1. The third-order valence-corrected chi connectivity index (χ3v) is 7.15. The molecule has 35 heavy (non-hydrogen) atoms. The number of ketones is 1. The molecule has 0 aliphatic heterocycles. The molecule has 1 atom stereocenters. The van der Waals surface area contributed by atoms with Gasteiger partial charge in [0.2, 0.25) is 21.8 Å². The SMILES string of the molecule is CCCNC(=O)[C@H](C)N(Cc1ccc(Cl)c(Cl)c1)C(=O)CN(c1cccc(C(C)=O)c1)S(C)(=O)=O. The maximum absolute atomic E-state index is 13.5. The summed E-state index contributed by atoms with van der Waals surface area (Å²) in [5.41, 5.74) is 1.10. The Balaban J connectivity index is 2.43. The number of carbonyl (C=O) groups excluding carboxylic acids is 3. The fraction of sp³-hybridized carbons (Fsp3) is 0.375. The van der Waals surface area contributed by atoms with Crippen molar-refractivity contribution in [1.82, 2.24) is 10.2 Å². The fourth-order valence-corrected chi connectivity index (χ4v) is 4.47. The number of anilines is 1. The molecule has 190 valence electrons. The first-order chi connectivity index (χ1) is 16.3. The largest absolute Gasteiger partial charge is 0.354 e. The van der Waals surface area contributed by atoms with Crippen LogP contribution in [0.15, 0.2) is 42.5 Å². The number of amides is 2. The molecule has 0 aliphatic carbocycles. The zero-order valence-electron chi connectivity index (χ0n) is 20.0. The summed E-state index contributed by atoms with van der Waals surface area (Å²) in [6.45, 7) is 4.72. The average molecular weight is 542 g/mol. The van der Waals surface area contributed by atoms with Crippen molar-refractivity contribution in [2.75, 3.05) is 23.7 Å². The Labute approximate surface area is 216 Å². The van der Waals surface area contributed by atoms with Crippen LogP contribution in [0, 0.1) is 0 Å². The summed E-state index contributed by atoms with van der Waals surface area (Å²) in [5, 5.41) is 3.39. The van der Waals surface area contributed by atoms with E-state index in [1.54, 1.807) is 37.3 Å². The standard InChI is InChI=1S/C24H29Cl2N3O5S/c1-5-11-27-24(32)16(2)28(14-18-9-10-21(25)22(26)12-18)23(31)15-29(35(4,33)34)20-8-6-7-19(13-20)17(3)30/h6-10,12-13,16H,5,11,14-15H2,1-4H3,(H,27,32)/t16-/m0/s1. The highest BCUT2D eigenvalue weighted by atomic mass is 35.5. The lowest BCUT2D eigenvalue weighted by molar-refractivity contribution is -0.139. The van der Waals surface area contributed by atoms with Gasteiger partial charge in [-0.3, -0.25) is 18.7 Å². The Morgan fingerprint density at radius 3 is 2.31 bits per heavy atom. The number of benzene rings is 2. The van der Waals surface area contributed by atoms with E-state index < -0.39 is 28.5 Å². The van der Waals surface area contributed by atoms with Crippen LogP contribution in [-0.4, -0.2) is 56.3 Å². The predicted octanol–water partition coefficient (Wildman–Crippen LogP) is 3.91. The van der Waals surface area contributed by atoms with Gasteiger partial charge in [0.1, 0.15) is 12.6 Å². The molecule has 2 rings (SSSR count). The minimum atomic E-state index is -3.90. The summed E-state index contributed by atoms with van der Waals surface area (Å²) in [6.07, 6.45) is 1.69. The summed E-state index contributed by atoms with van der Waals surface area (Å²) >= 11 is 12.1. The molecule has 11 heteroatoms. The Morgan fingerprint density at radius 2 is 1.74 bits per heavy atom. The van der Waals surface area contributed by atoms with E-state index in [0.717, 1.165) is 10.6 Å². The minimum absolute atomic E-state index is 0.00151. The van der Waals surface area contributed by atoms with Crippen LogP contribution >= 0.6 is 23.2 Å². The molecule has 0 spiro atoms. The van der Waals surface area contributed by atoms with E-state index in [4.69, 9.17) is 23.2 Å². The van der Waals surface area contributed by atoms with E-state index in [1.165, 1.54) is 24.0 Å². The first-order valence-corrected chi connectivity index (χ1v) is 13.5. The maximum Gasteiger partial charge on any atom is 0.244 e. The quantitative estimate of drug-likeness (QED) is 0.434. The van der Waals surface area contributed by atoms with Crippen LogP contribution in [-0.2, 0) is 26.2 Å². The summed E-state index contributed by atoms with van der Waals surface area (Å²) < 4.78 is 26.1. The molecule has 8 nitrogen and oxygen atoms in total. The van der Waals surface area contributed by atoms with Gasteiger partial charge in [-0.25, -0.2) is 8.42 Å². The number of nitrogens with one attached hydrogen (secondary N) is 1. The third-order valence-electron chi connectivity index (χ3n) is 5.27. The van der Waals surface area contributed by atoms with Crippen molar-refractivity contribution in [1.29, 1.82) is 0 Å². The van der Waals surface area contributed by atoms with Gasteiger partial charge in [0, 0.05) is 18.7 Å². The molecule has 0 radical (unpaired) electrons. The number of nitrogens with zero attached hydrogens (tertiary/aromatic N) is 2. The molecule has 0 unspecified atom stereocenters. The van der Waals surface area contributed by atoms with Crippen LogP contribution in [0.2, 0.25) is 10.0 Å². The highest BCUT2D eigenvalue weighted by Crippen LogP contribution is 2.25. The lowest BCUT2D eigenvalue weighted by Crippen LogP contribution is -2.51. The molecule has 0 bridgehead atoms. The van der Waals surface area contributed by atoms with Gasteiger partial charge in [-0.2, -0.15) is 0 Å². The van der Waals surface area contributed by atoms with Crippen molar-refractivity contribution < 1.29 is 22.8 Å². The van der Waals surface area contributed by atoms with Crippen molar-refractivity contribution >= 4 is 56.5 Å². The van der Waals surface area contributed by atoms with Crippen LogP contribution in [0.4, 0.5) is 5.69 Å². The number of hydrogen-bond acceptors (Lipinski definition) is 5. The minimum Gasteiger partial charge on any atom is -0.354 e. The van der Waals surface area contributed by atoms with Crippen LogP contribution in [0.3, 0.4) is 0 Å². The van der Waals surface area contributed by atoms with Gasteiger partial charge in [0.15, 0.2) is 5.78 Å². The third kappa shape index (κ3) is 7.95. The van der Waals surface area contributed by atoms with E-state index in [-0.39, 0.29) is 23.9 Å². The normalized spacial score (nSPS) is 12.1. The van der Waals surface area contributed by atoms with Crippen molar-refractivity contribution in [2.24, 2.45) is 0 Å². The van der Waals surface area contributed by atoms with Crippen LogP contribution in [0.1, 0.15) is 43.1 Å².